The highest BCUT2D eigenvalue weighted by Crippen LogP contribution is 2.31. The van der Waals surface area contributed by atoms with Crippen LogP contribution in [0.25, 0.3) is 6.08 Å². The van der Waals surface area contributed by atoms with Crippen LogP contribution in [0.4, 0.5) is 0 Å². The smallest absolute Gasteiger partial charge is 0.338 e. The minimum absolute atomic E-state index is 0.229. The Kier molecular flexibility index (Phi) is 7.14. The molecule has 3 aromatic rings. The van der Waals surface area contributed by atoms with Crippen molar-refractivity contribution < 1.29 is 9.53 Å². The number of hydrogen-bond acceptors (Lipinski definition) is 6. The quantitative estimate of drug-likeness (QED) is 0.358. The number of aromatic nitrogens is 1. The van der Waals surface area contributed by atoms with Crippen molar-refractivity contribution >= 4 is 58.3 Å². The molecule has 9 heteroatoms. The highest BCUT2D eigenvalue weighted by molar-refractivity contribution is 7.98. The van der Waals surface area contributed by atoms with Gasteiger partial charge in [0, 0.05) is 14.9 Å². The fraction of sp³-hybridized carbons (Fsp3) is 0.208. The molecule has 170 valence electrons. The number of allylic oxidation sites excluding steroid dienone is 1. The molecule has 0 radical (unpaired) electrons. The lowest BCUT2D eigenvalue weighted by Gasteiger charge is -2.24. The molecule has 0 spiro atoms. The van der Waals surface area contributed by atoms with Gasteiger partial charge in [0.1, 0.15) is 0 Å². The van der Waals surface area contributed by atoms with E-state index in [0.717, 1.165) is 10.5 Å². The number of benzene rings is 2. The van der Waals surface area contributed by atoms with E-state index in [1.807, 2.05) is 30.5 Å². The first-order valence-corrected chi connectivity index (χ1v) is 12.9. The number of hydrogen-bond donors (Lipinski definition) is 0. The third-order valence-corrected chi connectivity index (χ3v) is 7.49. The zero-order valence-electron chi connectivity index (χ0n) is 18.1. The first-order chi connectivity index (χ1) is 15.8. The van der Waals surface area contributed by atoms with Crippen molar-refractivity contribution in [3.8, 4) is 0 Å². The fourth-order valence-corrected chi connectivity index (χ4v) is 5.56. The highest BCUT2D eigenvalue weighted by Gasteiger charge is 2.33. The fourth-order valence-electron chi connectivity index (χ4n) is 3.65. The number of fused-ring (bicyclic) bond motifs is 1. The molecular weight excluding hydrogens is 499 g/mol. The molecule has 1 unspecified atom stereocenters. The van der Waals surface area contributed by atoms with Crippen molar-refractivity contribution in [1.29, 1.82) is 0 Å². The summed E-state index contributed by atoms with van der Waals surface area (Å²) in [5, 5.41) is 0.961. The van der Waals surface area contributed by atoms with Gasteiger partial charge in [-0.3, -0.25) is 9.36 Å². The van der Waals surface area contributed by atoms with Gasteiger partial charge in [-0.2, -0.15) is 0 Å². The Morgan fingerprint density at radius 1 is 1.24 bits per heavy atom. The SMILES string of the molecule is CCOC(=O)C1=C(C)N=c2sc(=Cc3ccc(Cl)cc3Cl)c(=O)n2C1c1ccc(SC)cc1. The van der Waals surface area contributed by atoms with Crippen LogP contribution in [0.3, 0.4) is 0 Å². The third-order valence-electron chi connectivity index (χ3n) is 5.20. The maximum Gasteiger partial charge on any atom is 0.338 e. The van der Waals surface area contributed by atoms with Crippen molar-refractivity contribution in [3.63, 3.8) is 0 Å². The molecule has 0 saturated carbocycles. The summed E-state index contributed by atoms with van der Waals surface area (Å²) in [6.07, 6.45) is 3.72. The lowest BCUT2D eigenvalue weighted by atomic mass is 9.96. The van der Waals surface area contributed by atoms with E-state index >= 15 is 0 Å². The summed E-state index contributed by atoms with van der Waals surface area (Å²) >= 11 is 15.2. The topological polar surface area (TPSA) is 60.7 Å². The third kappa shape index (κ3) is 4.68. The predicted octanol–water partition coefficient (Wildman–Crippen LogP) is 4.83. The highest BCUT2D eigenvalue weighted by atomic mass is 35.5. The maximum atomic E-state index is 13.6. The molecule has 0 aliphatic carbocycles. The lowest BCUT2D eigenvalue weighted by Crippen LogP contribution is -2.39. The van der Waals surface area contributed by atoms with Gasteiger partial charge in [-0.05, 0) is 61.6 Å². The van der Waals surface area contributed by atoms with E-state index in [-0.39, 0.29) is 12.2 Å². The van der Waals surface area contributed by atoms with E-state index in [1.54, 1.807) is 54.5 Å². The Morgan fingerprint density at radius 2 is 1.97 bits per heavy atom. The van der Waals surface area contributed by atoms with Crippen LogP contribution in [0.1, 0.15) is 31.0 Å². The summed E-state index contributed by atoms with van der Waals surface area (Å²) in [6.45, 7) is 3.75. The maximum absolute atomic E-state index is 13.6. The second-order valence-electron chi connectivity index (χ2n) is 7.24. The zero-order valence-corrected chi connectivity index (χ0v) is 21.2. The number of carbonyl (C=O) groups is 1. The minimum Gasteiger partial charge on any atom is -0.463 e. The molecule has 1 aliphatic heterocycles. The molecule has 1 aromatic heterocycles. The van der Waals surface area contributed by atoms with Crippen LogP contribution in [0.15, 0.2) is 68.4 Å². The van der Waals surface area contributed by atoms with Crippen molar-refractivity contribution in [2.75, 3.05) is 12.9 Å². The lowest BCUT2D eigenvalue weighted by molar-refractivity contribution is -0.139. The number of thiazole rings is 1. The number of esters is 1. The minimum atomic E-state index is -0.640. The number of nitrogens with zero attached hydrogens (tertiary/aromatic N) is 2. The molecular formula is C24H20Cl2N2O3S2. The summed E-state index contributed by atoms with van der Waals surface area (Å²) in [6, 6.07) is 12.3. The van der Waals surface area contributed by atoms with Gasteiger partial charge in [-0.15, -0.1) is 11.8 Å². The first kappa shape index (κ1) is 23.8. The Hall–Kier alpha value is -2.32. The van der Waals surface area contributed by atoms with E-state index in [1.165, 1.54) is 11.3 Å². The Balaban J connectivity index is 1.95. The number of carbonyl (C=O) groups excluding carboxylic acids is 1. The molecule has 0 bridgehead atoms. The van der Waals surface area contributed by atoms with Crippen molar-refractivity contribution in [1.82, 2.24) is 4.57 Å². The summed E-state index contributed by atoms with van der Waals surface area (Å²) in [5.74, 6) is -0.479. The van der Waals surface area contributed by atoms with Gasteiger partial charge in [0.05, 0.1) is 28.5 Å². The Bertz CT molecular complexity index is 1440. The van der Waals surface area contributed by atoms with E-state index in [4.69, 9.17) is 27.9 Å². The molecule has 0 fully saturated rings. The summed E-state index contributed by atoms with van der Waals surface area (Å²) < 4.78 is 7.35. The summed E-state index contributed by atoms with van der Waals surface area (Å²) in [7, 11) is 0. The van der Waals surface area contributed by atoms with Crippen molar-refractivity contribution in [2.45, 2.75) is 24.8 Å². The molecule has 2 heterocycles. The Morgan fingerprint density at radius 3 is 2.61 bits per heavy atom. The van der Waals surface area contributed by atoms with Crippen LogP contribution in [0.2, 0.25) is 10.0 Å². The molecule has 0 N–H and O–H groups in total. The van der Waals surface area contributed by atoms with Gasteiger partial charge < -0.3 is 4.74 Å². The monoisotopic (exact) mass is 518 g/mol. The van der Waals surface area contributed by atoms with Crippen LogP contribution in [-0.4, -0.2) is 23.4 Å². The zero-order chi connectivity index (χ0) is 23.7. The van der Waals surface area contributed by atoms with Crippen LogP contribution in [0.5, 0.6) is 0 Å². The van der Waals surface area contributed by atoms with Crippen molar-refractivity contribution in [2.24, 2.45) is 4.99 Å². The van der Waals surface area contributed by atoms with Crippen LogP contribution < -0.4 is 14.9 Å². The van der Waals surface area contributed by atoms with Crippen LogP contribution in [-0.2, 0) is 9.53 Å². The molecule has 1 atom stereocenters. The number of rotatable bonds is 5. The van der Waals surface area contributed by atoms with Gasteiger partial charge in [-0.25, -0.2) is 9.79 Å². The van der Waals surface area contributed by atoms with Crippen LogP contribution in [0, 0.1) is 0 Å². The average molecular weight is 519 g/mol. The Labute approximate surface area is 209 Å². The standard InChI is InChI=1S/C24H20Cl2N2O3S2/c1-4-31-23(30)20-13(2)27-24-28(21(20)14-6-9-17(32-3)10-7-14)22(29)19(33-24)11-15-5-8-16(25)12-18(15)26/h5-12,21H,4H2,1-3H3. The van der Waals surface area contributed by atoms with E-state index in [2.05, 4.69) is 4.99 Å². The number of thioether (sulfide) groups is 1. The second-order valence-corrected chi connectivity index (χ2v) is 9.97. The largest absolute Gasteiger partial charge is 0.463 e. The average Bonchev–Trinajstić information content (AvgIpc) is 3.09. The number of ether oxygens (including phenoxy) is 1. The molecule has 5 nitrogen and oxygen atoms in total. The second kappa shape index (κ2) is 9.89. The number of halogens is 2. The van der Waals surface area contributed by atoms with Gasteiger partial charge in [-0.1, -0.05) is 52.7 Å². The van der Waals surface area contributed by atoms with Gasteiger partial charge in [0.25, 0.3) is 5.56 Å². The van der Waals surface area contributed by atoms with Gasteiger partial charge in [0.2, 0.25) is 0 Å². The first-order valence-electron chi connectivity index (χ1n) is 10.1. The van der Waals surface area contributed by atoms with Gasteiger partial charge in [0.15, 0.2) is 4.80 Å². The summed E-state index contributed by atoms with van der Waals surface area (Å²) in [5.41, 5.74) is 2.12. The van der Waals surface area contributed by atoms with E-state index in [0.29, 0.717) is 36.2 Å². The summed E-state index contributed by atoms with van der Waals surface area (Å²) in [4.78, 5) is 32.7. The van der Waals surface area contributed by atoms with E-state index in [9.17, 15) is 9.59 Å². The predicted molar refractivity (Wildman–Crippen MR) is 135 cm³/mol. The molecule has 2 aromatic carbocycles. The molecule has 1 aliphatic rings. The molecule has 4 rings (SSSR count). The molecule has 0 amide bonds. The van der Waals surface area contributed by atoms with Crippen LogP contribution >= 0.6 is 46.3 Å². The molecule has 0 saturated heterocycles. The van der Waals surface area contributed by atoms with E-state index < -0.39 is 12.0 Å². The van der Waals surface area contributed by atoms with Gasteiger partial charge >= 0.3 is 5.97 Å². The molecule has 33 heavy (non-hydrogen) atoms. The van der Waals surface area contributed by atoms with Crippen molar-refractivity contribution in [3.05, 3.63) is 94.6 Å². The normalized spacial score (nSPS) is 15.9.